The summed E-state index contributed by atoms with van der Waals surface area (Å²) in [4.78, 5) is 22.6. The zero-order valence-corrected chi connectivity index (χ0v) is 10.6. The second kappa shape index (κ2) is 6.18. The Morgan fingerprint density at radius 3 is 2.53 bits per heavy atom. The summed E-state index contributed by atoms with van der Waals surface area (Å²) < 4.78 is 4.50. The topological polar surface area (TPSA) is 43.4 Å². The average Bonchev–Trinajstić information content (AvgIpc) is 2.30. The van der Waals surface area contributed by atoms with E-state index in [0.717, 1.165) is 16.7 Å². The van der Waals surface area contributed by atoms with E-state index in [2.05, 4.69) is 4.74 Å². The van der Waals surface area contributed by atoms with Gasteiger partial charge in [-0.15, -0.1) is 0 Å². The molecule has 0 aliphatic carbocycles. The number of hydrogen-bond acceptors (Lipinski definition) is 3. The van der Waals surface area contributed by atoms with E-state index in [1.807, 2.05) is 32.0 Å². The fourth-order valence-electron chi connectivity index (χ4n) is 1.64. The minimum absolute atomic E-state index is 0.0732. The summed E-state index contributed by atoms with van der Waals surface area (Å²) in [7, 11) is 1.33. The summed E-state index contributed by atoms with van der Waals surface area (Å²) in [5, 5.41) is 0. The average molecular weight is 234 g/mol. The number of ketones is 1. The maximum atomic E-state index is 11.7. The molecule has 3 heteroatoms. The predicted molar refractivity (Wildman–Crippen MR) is 65.9 cm³/mol. The van der Waals surface area contributed by atoms with Crippen molar-refractivity contribution in [2.24, 2.45) is 0 Å². The SMILES string of the molecule is COC(=O)CCC(=O)Cc1cc(C)ccc1C. The molecule has 1 rings (SSSR count). The second-order valence-corrected chi connectivity index (χ2v) is 4.22. The first-order valence-corrected chi connectivity index (χ1v) is 5.67. The highest BCUT2D eigenvalue weighted by Gasteiger charge is 2.09. The number of esters is 1. The highest BCUT2D eigenvalue weighted by atomic mass is 16.5. The van der Waals surface area contributed by atoms with E-state index in [9.17, 15) is 9.59 Å². The third kappa shape index (κ3) is 4.39. The molecule has 3 nitrogen and oxygen atoms in total. The normalized spacial score (nSPS) is 10.1. The van der Waals surface area contributed by atoms with Crippen LogP contribution < -0.4 is 0 Å². The lowest BCUT2D eigenvalue weighted by Crippen LogP contribution is -2.08. The van der Waals surface area contributed by atoms with Crippen molar-refractivity contribution in [2.45, 2.75) is 33.1 Å². The number of methoxy groups -OCH3 is 1. The number of carbonyl (C=O) groups excluding carboxylic acids is 2. The fraction of sp³-hybridized carbons (Fsp3) is 0.429. The van der Waals surface area contributed by atoms with Gasteiger partial charge < -0.3 is 4.74 Å². The highest BCUT2D eigenvalue weighted by molar-refractivity contribution is 5.84. The third-order valence-corrected chi connectivity index (χ3v) is 2.73. The molecule has 0 fully saturated rings. The summed E-state index contributed by atoms with van der Waals surface area (Å²) in [6, 6.07) is 6.06. The summed E-state index contributed by atoms with van der Waals surface area (Å²) >= 11 is 0. The van der Waals surface area contributed by atoms with Crippen LogP contribution in [0.15, 0.2) is 18.2 Å². The van der Waals surface area contributed by atoms with Crippen molar-refractivity contribution in [1.82, 2.24) is 0 Å². The number of Topliss-reactive ketones (excluding diaryl/α,β-unsaturated/α-hetero) is 1. The lowest BCUT2D eigenvalue weighted by atomic mass is 9.99. The van der Waals surface area contributed by atoms with E-state index >= 15 is 0 Å². The fourth-order valence-corrected chi connectivity index (χ4v) is 1.64. The molecule has 0 radical (unpaired) electrons. The van der Waals surface area contributed by atoms with Crippen molar-refractivity contribution >= 4 is 11.8 Å². The van der Waals surface area contributed by atoms with Crippen LogP contribution in [-0.2, 0) is 20.7 Å². The molecule has 0 saturated carbocycles. The molecule has 0 heterocycles. The van der Waals surface area contributed by atoms with E-state index in [1.54, 1.807) is 0 Å². The Bertz CT molecular complexity index is 421. The summed E-state index contributed by atoms with van der Waals surface area (Å²) in [5.74, 6) is -0.261. The summed E-state index contributed by atoms with van der Waals surface area (Å²) in [6.45, 7) is 3.99. The van der Waals surface area contributed by atoms with Crippen LogP contribution in [-0.4, -0.2) is 18.9 Å². The van der Waals surface area contributed by atoms with E-state index in [0.29, 0.717) is 6.42 Å². The van der Waals surface area contributed by atoms with Crippen LogP contribution in [0.3, 0.4) is 0 Å². The van der Waals surface area contributed by atoms with Gasteiger partial charge in [-0.25, -0.2) is 0 Å². The largest absolute Gasteiger partial charge is 0.469 e. The lowest BCUT2D eigenvalue weighted by Gasteiger charge is -2.06. The summed E-state index contributed by atoms with van der Waals surface area (Å²) in [5.41, 5.74) is 3.30. The van der Waals surface area contributed by atoms with Crippen LogP contribution >= 0.6 is 0 Å². The number of ether oxygens (including phenoxy) is 1. The Labute approximate surface area is 102 Å². The second-order valence-electron chi connectivity index (χ2n) is 4.22. The molecule has 0 amide bonds. The first kappa shape index (κ1) is 13.4. The molecule has 0 aliphatic rings. The van der Waals surface area contributed by atoms with Gasteiger partial charge >= 0.3 is 5.97 Å². The van der Waals surface area contributed by atoms with Crippen LogP contribution in [0.5, 0.6) is 0 Å². The van der Waals surface area contributed by atoms with Gasteiger partial charge in [-0.2, -0.15) is 0 Å². The number of carbonyl (C=O) groups is 2. The van der Waals surface area contributed by atoms with Crippen molar-refractivity contribution < 1.29 is 14.3 Å². The molecule has 0 unspecified atom stereocenters. The minimum atomic E-state index is -0.334. The Morgan fingerprint density at radius 2 is 1.88 bits per heavy atom. The Kier molecular flexibility index (Phi) is 4.88. The van der Waals surface area contributed by atoms with Crippen LogP contribution in [0.2, 0.25) is 0 Å². The number of hydrogen-bond donors (Lipinski definition) is 0. The van der Waals surface area contributed by atoms with Gasteiger partial charge in [0.25, 0.3) is 0 Å². The van der Waals surface area contributed by atoms with Gasteiger partial charge in [0, 0.05) is 12.8 Å². The molecule has 0 spiro atoms. The van der Waals surface area contributed by atoms with Gasteiger partial charge in [0.15, 0.2) is 0 Å². The maximum absolute atomic E-state index is 11.7. The van der Waals surface area contributed by atoms with Gasteiger partial charge in [0.05, 0.1) is 13.5 Å². The van der Waals surface area contributed by atoms with Gasteiger partial charge in [-0.3, -0.25) is 9.59 Å². The van der Waals surface area contributed by atoms with E-state index in [4.69, 9.17) is 0 Å². The molecule has 0 bridgehead atoms. The molecule has 17 heavy (non-hydrogen) atoms. The van der Waals surface area contributed by atoms with Crippen LogP contribution in [0.4, 0.5) is 0 Å². The molecule has 1 aromatic carbocycles. The number of rotatable bonds is 5. The Morgan fingerprint density at radius 1 is 1.18 bits per heavy atom. The zero-order valence-electron chi connectivity index (χ0n) is 10.6. The standard InChI is InChI=1S/C14H18O3/c1-10-4-5-11(2)12(8-10)9-13(15)6-7-14(16)17-3/h4-5,8H,6-7,9H2,1-3H3. The van der Waals surface area contributed by atoms with Gasteiger partial charge in [0.1, 0.15) is 5.78 Å². The first-order chi connectivity index (χ1) is 8.02. The van der Waals surface area contributed by atoms with E-state index in [-0.39, 0.29) is 24.6 Å². The van der Waals surface area contributed by atoms with Crippen LogP contribution in [0.25, 0.3) is 0 Å². The first-order valence-electron chi connectivity index (χ1n) is 5.67. The van der Waals surface area contributed by atoms with Gasteiger partial charge in [-0.1, -0.05) is 23.8 Å². The molecule has 92 valence electrons. The Balaban J connectivity index is 2.56. The third-order valence-electron chi connectivity index (χ3n) is 2.73. The molecule has 0 saturated heterocycles. The summed E-state index contributed by atoms with van der Waals surface area (Å²) in [6.07, 6.45) is 0.810. The quantitative estimate of drug-likeness (QED) is 0.735. The molecular weight excluding hydrogens is 216 g/mol. The van der Waals surface area contributed by atoms with Crippen LogP contribution in [0, 0.1) is 13.8 Å². The molecule has 0 atom stereocenters. The molecule has 0 aromatic heterocycles. The van der Waals surface area contributed by atoms with Crippen molar-refractivity contribution in [2.75, 3.05) is 7.11 Å². The van der Waals surface area contributed by atoms with Crippen molar-refractivity contribution in [3.05, 3.63) is 34.9 Å². The predicted octanol–water partition coefficient (Wildman–Crippen LogP) is 2.37. The van der Waals surface area contributed by atoms with Gasteiger partial charge in [-0.05, 0) is 25.0 Å². The minimum Gasteiger partial charge on any atom is -0.469 e. The highest BCUT2D eigenvalue weighted by Crippen LogP contribution is 2.12. The number of aryl methyl sites for hydroxylation is 2. The lowest BCUT2D eigenvalue weighted by molar-refractivity contribution is -0.141. The molecule has 1 aromatic rings. The van der Waals surface area contributed by atoms with Crippen molar-refractivity contribution in [3.8, 4) is 0 Å². The smallest absolute Gasteiger partial charge is 0.305 e. The van der Waals surface area contributed by atoms with E-state index in [1.165, 1.54) is 7.11 Å². The Hall–Kier alpha value is -1.64. The maximum Gasteiger partial charge on any atom is 0.305 e. The van der Waals surface area contributed by atoms with Crippen molar-refractivity contribution in [3.63, 3.8) is 0 Å². The van der Waals surface area contributed by atoms with Crippen molar-refractivity contribution in [1.29, 1.82) is 0 Å². The van der Waals surface area contributed by atoms with Gasteiger partial charge in [0.2, 0.25) is 0 Å². The molecule has 0 aliphatic heterocycles. The number of benzene rings is 1. The zero-order chi connectivity index (χ0) is 12.8. The monoisotopic (exact) mass is 234 g/mol. The van der Waals surface area contributed by atoms with E-state index < -0.39 is 0 Å². The molecule has 0 N–H and O–H groups in total. The molecular formula is C14H18O3. The van der Waals surface area contributed by atoms with Crippen LogP contribution in [0.1, 0.15) is 29.5 Å².